The molecule has 3 saturated carbocycles. The Morgan fingerprint density at radius 3 is 2.30 bits per heavy atom. The minimum absolute atomic E-state index is 0.0444. The van der Waals surface area contributed by atoms with Crippen LogP contribution in [0.5, 0.6) is 11.5 Å². The van der Waals surface area contributed by atoms with E-state index in [2.05, 4.69) is 10.6 Å². The van der Waals surface area contributed by atoms with Gasteiger partial charge in [0.25, 0.3) is 15.7 Å². The largest absolute Gasteiger partial charge is 0.501 e. The normalized spacial score (nSPS) is 27.6. The molecule has 250 valence electrons. The number of alkyl halides is 3. The molecule has 4 atom stereocenters. The van der Waals surface area contributed by atoms with Crippen LogP contribution in [0.3, 0.4) is 0 Å². The summed E-state index contributed by atoms with van der Waals surface area (Å²) in [5.74, 6) is -4.16. The summed E-state index contributed by atoms with van der Waals surface area (Å²) in [6.45, 7) is 1.65. The Morgan fingerprint density at radius 1 is 1.00 bits per heavy atom. The maximum absolute atomic E-state index is 15.0. The minimum atomic E-state index is -5.63. The van der Waals surface area contributed by atoms with Crippen molar-refractivity contribution in [2.45, 2.75) is 74.4 Å². The molecule has 46 heavy (non-hydrogen) atoms. The van der Waals surface area contributed by atoms with Gasteiger partial charge in [0.05, 0.1) is 35.0 Å². The van der Waals surface area contributed by atoms with Gasteiger partial charge < -0.3 is 25.2 Å². The van der Waals surface area contributed by atoms with Gasteiger partial charge in [-0.2, -0.15) is 13.2 Å². The van der Waals surface area contributed by atoms with Crippen molar-refractivity contribution >= 4 is 33.3 Å². The molecular weight excluding hydrogens is 636 g/mol. The van der Waals surface area contributed by atoms with E-state index in [0.29, 0.717) is 38.5 Å². The second kappa shape index (κ2) is 12.4. The molecule has 0 unspecified atom stereocenters. The highest BCUT2D eigenvalue weighted by Gasteiger charge is 2.52. The molecule has 0 aliphatic heterocycles. The zero-order chi connectivity index (χ0) is 33.6. The molecule has 0 aromatic heterocycles. The second-order valence-corrected chi connectivity index (χ2v) is 14.4. The smallest absolute Gasteiger partial charge is 0.496 e. The van der Waals surface area contributed by atoms with E-state index >= 15 is 4.39 Å². The van der Waals surface area contributed by atoms with Crippen LogP contribution in [0.4, 0.5) is 23.2 Å². The molecule has 10 nitrogen and oxygen atoms in total. The predicted octanol–water partition coefficient (Wildman–Crippen LogP) is 5.32. The van der Waals surface area contributed by atoms with Crippen molar-refractivity contribution in [1.82, 2.24) is 5.32 Å². The summed E-state index contributed by atoms with van der Waals surface area (Å²) in [6.07, 6.45) is 3.02. The van der Waals surface area contributed by atoms with Gasteiger partial charge in [-0.25, -0.2) is 12.8 Å². The summed E-state index contributed by atoms with van der Waals surface area (Å²) in [7, 11) is -4.37. The fraction of sp³-hybridized carbons (Fsp3) is 0.516. The summed E-state index contributed by atoms with van der Waals surface area (Å²) in [4.78, 5) is 37.6. The predicted molar refractivity (Wildman–Crippen MR) is 155 cm³/mol. The number of anilines is 1. The zero-order valence-corrected chi connectivity index (χ0v) is 25.8. The monoisotopic (exact) mass is 670 g/mol. The highest BCUT2D eigenvalue weighted by molar-refractivity contribution is 7.92. The van der Waals surface area contributed by atoms with Crippen molar-refractivity contribution in [2.24, 2.45) is 23.2 Å². The standard InChI is InChI=1S/C31H34F4N2O8S/c1-30(29(40)41)10-8-19(9-11-30)45-24-14-21(23(44-2)15-22(24)32)27(38)37-26-17-7-6-16(12-17)25(26)28(39)36-18-4-3-5-20(13-18)46(42,43)31(33,34)35/h3-5,13-17,19,25-26H,6-12H2,1-2H3,(H,36,39)(H,37,38)(H,40,41)/t16-,17+,19-,25+,26-,30-/m1/s1. The summed E-state index contributed by atoms with van der Waals surface area (Å²) in [6, 6.07) is 5.44. The number of rotatable bonds is 9. The molecule has 2 bridgehead atoms. The van der Waals surface area contributed by atoms with Gasteiger partial charge in [-0.3, -0.25) is 14.4 Å². The Morgan fingerprint density at radius 2 is 1.67 bits per heavy atom. The number of hydrogen-bond donors (Lipinski definition) is 3. The van der Waals surface area contributed by atoms with E-state index in [4.69, 9.17) is 9.47 Å². The average Bonchev–Trinajstić information content (AvgIpc) is 3.60. The number of halogens is 4. The van der Waals surface area contributed by atoms with Crippen molar-refractivity contribution in [3.05, 3.63) is 47.8 Å². The number of ether oxygens (including phenoxy) is 2. The van der Waals surface area contributed by atoms with Crippen LogP contribution in [-0.2, 0) is 19.4 Å². The summed E-state index contributed by atoms with van der Waals surface area (Å²) >= 11 is 0. The van der Waals surface area contributed by atoms with Crippen molar-refractivity contribution in [3.8, 4) is 11.5 Å². The van der Waals surface area contributed by atoms with Crippen LogP contribution >= 0.6 is 0 Å². The van der Waals surface area contributed by atoms with Crippen LogP contribution in [-0.4, -0.2) is 56.1 Å². The molecule has 0 radical (unpaired) electrons. The van der Waals surface area contributed by atoms with Crippen LogP contribution in [0, 0.1) is 29.0 Å². The lowest BCUT2D eigenvalue weighted by atomic mass is 9.75. The molecule has 3 aliphatic rings. The quantitative estimate of drug-likeness (QED) is 0.304. The topological polar surface area (TPSA) is 148 Å². The Labute approximate surface area is 262 Å². The second-order valence-electron chi connectivity index (χ2n) is 12.5. The van der Waals surface area contributed by atoms with Crippen LogP contribution < -0.4 is 20.1 Å². The molecule has 3 aliphatic carbocycles. The first-order valence-corrected chi connectivity index (χ1v) is 16.3. The molecule has 2 amide bonds. The maximum atomic E-state index is 15.0. The van der Waals surface area contributed by atoms with Crippen LogP contribution in [0.15, 0.2) is 41.3 Å². The molecule has 3 N–H and O–H groups in total. The van der Waals surface area contributed by atoms with Gasteiger partial charge in [0.2, 0.25) is 5.91 Å². The lowest BCUT2D eigenvalue weighted by Gasteiger charge is -2.34. The zero-order valence-electron chi connectivity index (χ0n) is 25.0. The first-order chi connectivity index (χ1) is 21.5. The molecular formula is C31H34F4N2O8S. The first kappa shape index (κ1) is 33.5. The number of hydrogen-bond acceptors (Lipinski definition) is 7. The molecule has 0 heterocycles. The third-order valence-electron chi connectivity index (χ3n) is 9.58. The number of fused-ring (bicyclic) bond motifs is 2. The number of carbonyl (C=O) groups excluding carboxylic acids is 2. The Hall–Kier alpha value is -3.88. The van der Waals surface area contributed by atoms with E-state index < -0.39 is 67.3 Å². The van der Waals surface area contributed by atoms with E-state index in [1.54, 1.807) is 6.92 Å². The number of aliphatic carboxylic acids is 1. The van der Waals surface area contributed by atoms with Gasteiger partial charge in [-0.1, -0.05) is 6.07 Å². The van der Waals surface area contributed by atoms with Crippen molar-refractivity contribution in [2.75, 3.05) is 12.4 Å². The van der Waals surface area contributed by atoms with Crippen molar-refractivity contribution in [1.29, 1.82) is 0 Å². The minimum Gasteiger partial charge on any atom is -0.496 e. The van der Waals surface area contributed by atoms with Gasteiger partial charge in [0, 0.05) is 17.8 Å². The first-order valence-electron chi connectivity index (χ1n) is 14.8. The fourth-order valence-electron chi connectivity index (χ4n) is 6.92. The number of sulfone groups is 1. The van der Waals surface area contributed by atoms with Gasteiger partial charge in [-0.15, -0.1) is 0 Å². The van der Waals surface area contributed by atoms with Gasteiger partial charge in [0.15, 0.2) is 11.6 Å². The number of carbonyl (C=O) groups is 3. The number of amides is 2. The summed E-state index contributed by atoms with van der Waals surface area (Å²) in [5.41, 5.74) is -6.59. The highest BCUT2D eigenvalue weighted by Crippen LogP contribution is 2.49. The number of carboxylic acid groups (broad SMARTS) is 1. The van der Waals surface area contributed by atoms with Crippen LogP contribution in [0.25, 0.3) is 0 Å². The maximum Gasteiger partial charge on any atom is 0.501 e. The van der Waals surface area contributed by atoms with Crippen molar-refractivity contribution in [3.63, 3.8) is 0 Å². The Balaban J connectivity index is 1.32. The number of nitrogens with one attached hydrogen (secondary N) is 2. The Kier molecular flexibility index (Phi) is 9.01. The van der Waals surface area contributed by atoms with E-state index in [1.807, 2.05) is 0 Å². The third kappa shape index (κ3) is 6.38. The molecule has 2 aromatic carbocycles. The average molecular weight is 671 g/mol. The van der Waals surface area contributed by atoms with Gasteiger partial charge >= 0.3 is 11.5 Å². The lowest BCUT2D eigenvalue weighted by molar-refractivity contribution is -0.150. The highest BCUT2D eigenvalue weighted by atomic mass is 32.2. The van der Waals surface area contributed by atoms with E-state index in [1.165, 1.54) is 19.2 Å². The lowest BCUT2D eigenvalue weighted by Crippen LogP contribution is -2.48. The number of benzene rings is 2. The van der Waals surface area contributed by atoms with E-state index in [0.717, 1.165) is 30.7 Å². The van der Waals surface area contributed by atoms with Gasteiger partial charge in [0.1, 0.15) is 5.75 Å². The number of carboxylic acids is 1. The van der Waals surface area contributed by atoms with Crippen molar-refractivity contribution < 1.29 is 54.9 Å². The van der Waals surface area contributed by atoms with Crippen LogP contribution in [0.2, 0.25) is 0 Å². The summed E-state index contributed by atoms with van der Waals surface area (Å²) < 4.78 is 89.1. The summed E-state index contributed by atoms with van der Waals surface area (Å²) in [5, 5.41) is 14.9. The van der Waals surface area contributed by atoms with Crippen LogP contribution in [0.1, 0.15) is 62.2 Å². The number of methoxy groups -OCH3 is 1. The molecule has 3 fully saturated rings. The Bertz CT molecular complexity index is 1640. The molecule has 15 heteroatoms. The molecule has 0 saturated heterocycles. The third-order valence-corrected chi connectivity index (χ3v) is 11.1. The molecule has 5 rings (SSSR count). The molecule has 0 spiro atoms. The molecule has 2 aromatic rings. The fourth-order valence-corrected chi connectivity index (χ4v) is 7.72. The van der Waals surface area contributed by atoms with E-state index in [9.17, 15) is 41.1 Å². The SMILES string of the molecule is COc1cc(F)c(O[C@H]2CC[C@](C)(C(=O)O)CC2)cc1C(=O)N[C@@H]1[C@H]2CC[C@H](C2)[C@@H]1C(=O)Nc1cccc(S(=O)(=O)C(F)(F)F)c1. The van der Waals surface area contributed by atoms with Gasteiger partial charge in [-0.05, 0) is 88.0 Å². The van der Waals surface area contributed by atoms with E-state index in [-0.39, 0.29) is 34.6 Å².